The number of imidazole rings is 1. The lowest BCUT2D eigenvalue weighted by atomic mass is 10.2. The van der Waals surface area contributed by atoms with Gasteiger partial charge in [0.15, 0.2) is 6.61 Å². The molecule has 3 aromatic rings. The zero-order valence-electron chi connectivity index (χ0n) is 16.2. The van der Waals surface area contributed by atoms with Crippen molar-refractivity contribution >= 4 is 34.3 Å². The van der Waals surface area contributed by atoms with E-state index in [1.165, 1.54) is 28.8 Å². The third kappa shape index (κ3) is 4.37. The van der Waals surface area contributed by atoms with Gasteiger partial charge >= 0.3 is 11.7 Å². The maximum absolute atomic E-state index is 12.7. The molecule has 0 spiro atoms. The molecule has 1 heterocycles. The average molecular weight is 412 g/mol. The van der Waals surface area contributed by atoms with E-state index in [0.29, 0.717) is 17.6 Å². The minimum Gasteiger partial charge on any atom is -0.454 e. The van der Waals surface area contributed by atoms with Gasteiger partial charge in [-0.15, -0.1) is 0 Å². The molecule has 0 atom stereocenters. The second-order valence-corrected chi connectivity index (χ2v) is 6.49. The summed E-state index contributed by atoms with van der Waals surface area (Å²) in [5.74, 6) is -1.49. The first-order valence-electron chi connectivity index (χ1n) is 9.29. The number of ether oxygens (including phenoxy) is 1. The number of fused-ring (bicyclic) bond motifs is 1. The Hall–Kier alpha value is -3.95. The smallest absolute Gasteiger partial charge is 0.329 e. The first kappa shape index (κ1) is 20.8. The van der Waals surface area contributed by atoms with Crippen LogP contribution in [0.25, 0.3) is 11.0 Å². The Morgan fingerprint density at radius 2 is 1.70 bits per heavy atom. The van der Waals surface area contributed by atoms with Crippen LogP contribution in [0.3, 0.4) is 0 Å². The van der Waals surface area contributed by atoms with Crippen molar-refractivity contribution < 1.29 is 19.2 Å². The number of hydrogen-bond acceptors (Lipinski definition) is 6. The van der Waals surface area contributed by atoms with Crippen LogP contribution in [-0.4, -0.2) is 32.5 Å². The molecule has 0 unspecified atom stereocenters. The molecule has 1 aromatic heterocycles. The largest absolute Gasteiger partial charge is 0.454 e. The van der Waals surface area contributed by atoms with Crippen LogP contribution in [0.4, 0.5) is 11.4 Å². The molecular formula is C20H20N4O6. The lowest BCUT2D eigenvalue weighted by molar-refractivity contribution is -0.383. The third-order valence-electron chi connectivity index (χ3n) is 4.40. The number of esters is 1. The molecule has 3 rings (SSSR count). The van der Waals surface area contributed by atoms with Crippen molar-refractivity contribution in [3.8, 4) is 0 Å². The van der Waals surface area contributed by atoms with Crippen LogP contribution in [0.5, 0.6) is 0 Å². The topological polar surface area (TPSA) is 125 Å². The first-order valence-corrected chi connectivity index (χ1v) is 9.29. The minimum absolute atomic E-state index is 0.00223. The van der Waals surface area contributed by atoms with Gasteiger partial charge in [-0.05, 0) is 24.6 Å². The highest BCUT2D eigenvalue weighted by Gasteiger charge is 2.18. The molecule has 30 heavy (non-hydrogen) atoms. The van der Waals surface area contributed by atoms with Gasteiger partial charge in [-0.25, -0.2) is 4.79 Å². The molecule has 0 saturated heterocycles. The van der Waals surface area contributed by atoms with Crippen LogP contribution in [0.1, 0.15) is 13.3 Å². The summed E-state index contributed by atoms with van der Waals surface area (Å²) in [5.41, 5.74) is 0.706. The molecular weight excluding hydrogens is 392 g/mol. The van der Waals surface area contributed by atoms with E-state index in [9.17, 15) is 24.5 Å². The molecule has 0 saturated carbocycles. The standard InChI is InChI=1S/C20H20N4O6/c1-2-11-22-16-9-5-6-10-17(16)23(20(22)27)12-19(26)30-13-18(25)21-14-7-3-4-8-15(14)24(28)29/h3-10H,2,11-13H2,1H3,(H,21,25). The molecule has 10 nitrogen and oxygen atoms in total. The number of nitro benzene ring substituents is 1. The number of nitro groups is 1. The maximum atomic E-state index is 12.7. The van der Waals surface area contributed by atoms with E-state index in [0.717, 1.165) is 6.42 Å². The Morgan fingerprint density at radius 3 is 2.37 bits per heavy atom. The summed E-state index contributed by atoms with van der Waals surface area (Å²) in [4.78, 5) is 47.3. The van der Waals surface area contributed by atoms with Crippen LogP contribution in [0.15, 0.2) is 53.3 Å². The van der Waals surface area contributed by atoms with Crippen molar-refractivity contribution in [2.45, 2.75) is 26.4 Å². The number of anilines is 1. The van der Waals surface area contributed by atoms with Gasteiger partial charge in [0.25, 0.3) is 11.6 Å². The SMILES string of the molecule is CCCn1c(=O)n(CC(=O)OCC(=O)Nc2ccccc2[N+](=O)[O-])c2ccccc21. The van der Waals surface area contributed by atoms with E-state index in [1.807, 2.05) is 13.0 Å². The number of benzene rings is 2. The fourth-order valence-electron chi connectivity index (χ4n) is 3.11. The van der Waals surface area contributed by atoms with Crippen LogP contribution in [-0.2, 0) is 27.4 Å². The quantitative estimate of drug-likeness (QED) is 0.344. The van der Waals surface area contributed by atoms with Crippen molar-refractivity contribution in [1.29, 1.82) is 0 Å². The van der Waals surface area contributed by atoms with Gasteiger partial charge in [-0.2, -0.15) is 0 Å². The van der Waals surface area contributed by atoms with Crippen molar-refractivity contribution in [1.82, 2.24) is 9.13 Å². The molecule has 0 aliphatic carbocycles. The highest BCUT2D eigenvalue weighted by molar-refractivity contribution is 5.94. The second-order valence-electron chi connectivity index (χ2n) is 6.49. The van der Waals surface area contributed by atoms with E-state index in [4.69, 9.17) is 4.74 Å². The van der Waals surface area contributed by atoms with Crippen LogP contribution in [0.2, 0.25) is 0 Å². The lowest BCUT2D eigenvalue weighted by Gasteiger charge is -2.07. The van der Waals surface area contributed by atoms with E-state index in [-0.39, 0.29) is 23.6 Å². The lowest BCUT2D eigenvalue weighted by Crippen LogP contribution is -2.29. The van der Waals surface area contributed by atoms with Gasteiger partial charge < -0.3 is 10.1 Å². The number of aryl methyl sites for hydroxylation is 1. The zero-order valence-corrected chi connectivity index (χ0v) is 16.2. The Bertz CT molecular complexity index is 1160. The predicted molar refractivity (Wildman–Crippen MR) is 109 cm³/mol. The summed E-state index contributed by atoms with van der Waals surface area (Å²) in [6, 6.07) is 12.7. The summed E-state index contributed by atoms with van der Waals surface area (Å²) in [6.45, 7) is 1.48. The highest BCUT2D eigenvalue weighted by atomic mass is 16.6. The van der Waals surface area contributed by atoms with Gasteiger partial charge in [-0.3, -0.25) is 28.8 Å². The number of amides is 1. The summed E-state index contributed by atoms with van der Waals surface area (Å²) >= 11 is 0. The fraction of sp³-hybridized carbons (Fsp3) is 0.250. The Labute approximate surface area is 170 Å². The molecule has 0 aliphatic rings. The second kappa shape index (κ2) is 9.03. The molecule has 156 valence electrons. The van der Waals surface area contributed by atoms with Crippen LogP contribution >= 0.6 is 0 Å². The molecule has 10 heteroatoms. The number of carbonyl (C=O) groups excluding carboxylic acids is 2. The van der Waals surface area contributed by atoms with Gasteiger partial charge in [0.1, 0.15) is 12.2 Å². The van der Waals surface area contributed by atoms with Gasteiger partial charge in [0.05, 0.1) is 16.0 Å². The van der Waals surface area contributed by atoms with E-state index in [1.54, 1.807) is 22.8 Å². The summed E-state index contributed by atoms with van der Waals surface area (Å²) in [7, 11) is 0. The highest BCUT2D eigenvalue weighted by Crippen LogP contribution is 2.22. The predicted octanol–water partition coefficient (Wildman–Crippen LogP) is 2.30. The Morgan fingerprint density at radius 1 is 1.07 bits per heavy atom. The van der Waals surface area contributed by atoms with Crippen molar-refractivity contribution in [2.24, 2.45) is 0 Å². The summed E-state index contributed by atoms with van der Waals surface area (Å²) < 4.78 is 7.85. The van der Waals surface area contributed by atoms with Gasteiger partial charge in [0.2, 0.25) is 0 Å². The molecule has 0 fully saturated rings. The molecule has 0 radical (unpaired) electrons. The van der Waals surface area contributed by atoms with Crippen molar-refractivity contribution in [2.75, 3.05) is 11.9 Å². The molecule has 1 N–H and O–H groups in total. The molecule has 2 aromatic carbocycles. The fourth-order valence-corrected chi connectivity index (χ4v) is 3.11. The van der Waals surface area contributed by atoms with Crippen LogP contribution < -0.4 is 11.0 Å². The van der Waals surface area contributed by atoms with Gasteiger partial charge in [-0.1, -0.05) is 31.2 Å². The number of hydrogen-bond donors (Lipinski definition) is 1. The summed E-state index contributed by atoms with van der Waals surface area (Å²) in [5, 5.41) is 13.3. The van der Waals surface area contributed by atoms with Crippen molar-refractivity contribution in [3.63, 3.8) is 0 Å². The minimum atomic E-state index is -0.769. The van der Waals surface area contributed by atoms with Gasteiger partial charge in [0, 0.05) is 12.6 Å². The summed E-state index contributed by atoms with van der Waals surface area (Å²) in [6.07, 6.45) is 0.754. The van der Waals surface area contributed by atoms with E-state index >= 15 is 0 Å². The molecule has 0 aliphatic heterocycles. The van der Waals surface area contributed by atoms with Crippen LogP contribution in [0, 0.1) is 10.1 Å². The average Bonchev–Trinajstić information content (AvgIpc) is 2.99. The Balaban J connectivity index is 1.67. The third-order valence-corrected chi connectivity index (χ3v) is 4.40. The van der Waals surface area contributed by atoms with E-state index in [2.05, 4.69) is 5.32 Å². The normalized spacial score (nSPS) is 10.7. The number of rotatable bonds is 8. The molecule has 1 amide bonds. The molecule has 0 bridgehead atoms. The maximum Gasteiger partial charge on any atom is 0.329 e. The number of nitrogens with zero attached hydrogens (tertiary/aromatic N) is 3. The number of para-hydroxylation sites is 4. The van der Waals surface area contributed by atoms with E-state index < -0.39 is 23.4 Å². The first-order chi connectivity index (χ1) is 14.4. The number of aromatic nitrogens is 2. The Kier molecular flexibility index (Phi) is 6.26. The van der Waals surface area contributed by atoms with Crippen molar-refractivity contribution in [3.05, 3.63) is 69.1 Å². The zero-order chi connectivity index (χ0) is 21.7. The monoisotopic (exact) mass is 412 g/mol. The number of nitrogens with one attached hydrogen (secondary N) is 1. The number of carbonyl (C=O) groups is 2.